The molecule has 0 radical (unpaired) electrons. The first kappa shape index (κ1) is 17.1. The molecule has 0 saturated heterocycles. The average molecular weight is 325 g/mol. The Bertz CT molecular complexity index is 579. The van der Waals surface area contributed by atoms with Gasteiger partial charge in [-0.25, -0.2) is 4.79 Å². The molecule has 1 fully saturated rings. The van der Waals surface area contributed by atoms with Gasteiger partial charge in [-0.1, -0.05) is 31.5 Å². The number of hydrogen-bond acceptors (Lipinski definition) is 3. The van der Waals surface area contributed by atoms with Crippen LogP contribution < -0.4 is 11.1 Å². The van der Waals surface area contributed by atoms with Crippen LogP contribution in [0.1, 0.15) is 46.1 Å². The van der Waals surface area contributed by atoms with E-state index in [4.69, 9.17) is 22.1 Å². The van der Waals surface area contributed by atoms with E-state index in [0.717, 1.165) is 5.56 Å². The third-order valence-electron chi connectivity index (χ3n) is 4.29. The van der Waals surface area contributed by atoms with Crippen LogP contribution in [0.25, 0.3) is 0 Å². The van der Waals surface area contributed by atoms with Gasteiger partial charge in [0.25, 0.3) is 0 Å². The smallest absolute Gasteiger partial charge is 0.412 e. The number of anilines is 1. The summed E-state index contributed by atoms with van der Waals surface area (Å²) in [6.45, 7) is 10.5. The molecule has 0 spiro atoms. The molecule has 122 valence electrons. The molecule has 0 bridgehead atoms. The summed E-state index contributed by atoms with van der Waals surface area (Å²) in [7, 11) is 0. The van der Waals surface area contributed by atoms with Crippen LogP contribution in [-0.4, -0.2) is 18.2 Å². The summed E-state index contributed by atoms with van der Waals surface area (Å²) >= 11 is 6.40. The van der Waals surface area contributed by atoms with E-state index >= 15 is 0 Å². The molecule has 1 aliphatic carbocycles. The summed E-state index contributed by atoms with van der Waals surface area (Å²) in [5, 5.41) is 3.36. The highest BCUT2D eigenvalue weighted by atomic mass is 35.5. The van der Waals surface area contributed by atoms with Crippen LogP contribution >= 0.6 is 11.6 Å². The van der Waals surface area contributed by atoms with Gasteiger partial charge in [0.2, 0.25) is 0 Å². The van der Waals surface area contributed by atoms with Crippen molar-refractivity contribution in [3.63, 3.8) is 0 Å². The molecule has 1 aliphatic rings. The standard InChI is InChI=1S/C17H25ClN2O2/c1-16(2,3)22-15(21)20-10-6-7-11(13(18)8-10)14-12(9-19)17(14,4)5/h6-8,12,14H,9,19H2,1-5H3,(H,20,21). The first-order valence-electron chi connectivity index (χ1n) is 7.56. The predicted molar refractivity (Wildman–Crippen MR) is 90.4 cm³/mol. The van der Waals surface area contributed by atoms with Gasteiger partial charge in [0.15, 0.2) is 0 Å². The lowest BCUT2D eigenvalue weighted by Crippen LogP contribution is -2.27. The second-order valence-electron chi connectivity index (χ2n) is 7.50. The fourth-order valence-corrected chi connectivity index (χ4v) is 3.38. The molecule has 2 unspecified atom stereocenters. The van der Waals surface area contributed by atoms with Crippen LogP contribution in [0.5, 0.6) is 0 Å². The van der Waals surface area contributed by atoms with Crippen molar-refractivity contribution in [1.82, 2.24) is 0 Å². The summed E-state index contributed by atoms with van der Waals surface area (Å²) in [6, 6.07) is 5.59. The number of amides is 1. The number of ether oxygens (including phenoxy) is 1. The molecule has 22 heavy (non-hydrogen) atoms. The molecule has 1 aromatic carbocycles. The number of nitrogens with two attached hydrogens (primary N) is 1. The van der Waals surface area contributed by atoms with Crippen molar-refractivity contribution in [2.75, 3.05) is 11.9 Å². The summed E-state index contributed by atoms with van der Waals surface area (Å²) in [5.41, 5.74) is 7.20. The molecule has 5 heteroatoms. The van der Waals surface area contributed by atoms with Crippen molar-refractivity contribution in [3.05, 3.63) is 28.8 Å². The zero-order valence-corrected chi connectivity index (χ0v) is 14.6. The lowest BCUT2D eigenvalue weighted by atomic mass is 10.0. The average Bonchev–Trinajstić information content (AvgIpc) is 2.88. The van der Waals surface area contributed by atoms with Crippen LogP contribution in [0, 0.1) is 11.3 Å². The highest BCUT2D eigenvalue weighted by Crippen LogP contribution is 2.64. The van der Waals surface area contributed by atoms with Crippen LogP contribution in [0.3, 0.4) is 0 Å². The highest BCUT2D eigenvalue weighted by molar-refractivity contribution is 6.31. The fourth-order valence-electron chi connectivity index (χ4n) is 3.08. The van der Waals surface area contributed by atoms with Crippen LogP contribution in [0.15, 0.2) is 18.2 Å². The van der Waals surface area contributed by atoms with Gasteiger partial charge in [-0.15, -0.1) is 0 Å². The van der Waals surface area contributed by atoms with E-state index in [1.54, 1.807) is 6.07 Å². The van der Waals surface area contributed by atoms with E-state index in [9.17, 15) is 4.79 Å². The minimum atomic E-state index is -0.528. The molecule has 3 N–H and O–H groups in total. The summed E-state index contributed by atoms with van der Waals surface area (Å²) in [6.07, 6.45) is -0.483. The second kappa shape index (κ2) is 5.74. The Morgan fingerprint density at radius 2 is 2.05 bits per heavy atom. The number of rotatable bonds is 3. The van der Waals surface area contributed by atoms with E-state index in [2.05, 4.69) is 19.2 Å². The number of hydrogen-bond donors (Lipinski definition) is 2. The van der Waals surface area contributed by atoms with E-state index in [1.165, 1.54) is 0 Å². The monoisotopic (exact) mass is 324 g/mol. The molecule has 0 aliphatic heterocycles. The Morgan fingerprint density at radius 3 is 2.50 bits per heavy atom. The molecular weight excluding hydrogens is 300 g/mol. The largest absolute Gasteiger partial charge is 0.444 e. The first-order chi connectivity index (χ1) is 10.1. The summed E-state index contributed by atoms with van der Waals surface area (Å²) in [5.74, 6) is 0.829. The van der Waals surface area contributed by atoms with E-state index in [1.807, 2.05) is 32.9 Å². The van der Waals surface area contributed by atoms with Crippen LogP contribution in [0.2, 0.25) is 5.02 Å². The molecule has 1 saturated carbocycles. The highest BCUT2D eigenvalue weighted by Gasteiger charge is 2.57. The van der Waals surface area contributed by atoms with Gasteiger partial charge < -0.3 is 10.5 Å². The van der Waals surface area contributed by atoms with Crippen LogP contribution in [-0.2, 0) is 4.74 Å². The third-order valence-corrected chi connectivity index (χ3v) is 4.61. The van der Waals surface area contributed by atoms with Crippen molar-refractivity contribution in [2.24, 2.45) is 17.1 Å². The molecular formula is C17H25ClN2O2. The third kappa shape index (κ3) is 3.55. The lowest BCUT2D eigenvalue weighted by molar-refractivity contribution is 0.0636. The number of nitrogens with one attached hydrogen (secondary N) is 1. The quantitative estimate of drug-likeness (QED) is 0.866. The minimum Gasteiger partial charge on any atom is -0.444 e. The Morgan fingerprint density at radius 1 is 1.41 bits per heavy atom. The van der Waals surface area contributed by atoms with Gasteiger partial charge in [-0.05, 0) is 62.3 Å². The van der Waals surface area contributed by atoms with E-state index in [-0.39, 0.29) is 5.41 Å². The fraction of sp³-hybridized carbons (Fsp3) is 0.588. The lowest BCUT2D eigenvalue weighted by Gasteiger charge is -2.20. The normalized spacial score (nSPS) is 23.0. The van der Waals surface area contributed by atoms with Gasteiger partial charge >= 0.3 is 6.09 Å². The molecule has 4 nitrogen and oxygen atoms in total. The van der Waals surface area contributed by atoms with Gasteiger partial charge in [0.05, 0.1) is 0 Å². The van der Waals surface area contributed by atoms with Crippen molar-refractivity contribution < 1.29 is 9.53 Å². The Hall–Kier alpha value is -1.26. The van der Waals surface area contributed by atoms with Gasteiger partial charge in [-0.3, -0.25) is 5.32 Å². The maximum absolute atomic E-state index is 11.8. The molecule has 2 atom stereocenters. The Kier molecular flexibility index (Phi) is 4.46. The van der Waals surface area contributed by atoms with E-state index < -0.39 is 11.7 Å². The zero-order valence-electron chi connectivity index (χ0n) is 13.9. The zero-order chi connectivity index (χ0) is 16.7. The maximum atomic E-state index is 11.8. The Labute approximate surface area is 137 Å². The summed E-state index contributed by atoms with van der Waals surface area (Å²) in [4.78, 5) is 11.8. The molecule has 1 aromatic rings. The van der Waals surface area contributed by atoms with E-state index in [0.29, 0.717) is 29.1 Å². The number of benzene rings is 1. The summed E-state index contributed by atoms with van der Waals surface area (Å²) < 4.78 is 5.23. The van der Waals surface area contributed by atoms with Gasteiger partial charge in [-0.2, -0.15) is 0 Å². The minimum absolute atomic E-state index is 0.179. The number of carbonyl (C=O) groups is 1. The molecule has 0 heterocycles. The number of carbonyl (C=O) groups excluding carboxylic acids is 1. The Balaban J connectivity index is 2.10. The van der Waals surface area contributed by atoms with Crippen molar-refractivity contribution in [1.29, 1.82) is 0 Å². The number of halogens is 1. The molecule has 2 rings (SSSR count). The first-order valence-corrected chi connectivity index (χ1v) is 7.93. The second-order valence-corrected chi connectivity index (χ2v) is 7.91. The van der Waals surface area contributed by atoms with Gasteiger partial charge in [0, 0.05) is 10.7 Å². The van der Waals surface area contributed by atoms with Gasteiger partial charge in [0.1, 0.15) is 5.60 Å². The molecule has 0 aromatic heterocycles. The van der Waals surface area contributed by atoms with Crippen LogP contribution in [0.4, 0.5) is 10.5 Å². The topological polar surface area (TPSA) is 64.3 Å². The van der Waals surface area contributed by atoms with Crippen molar-refractivity contribution in [2.45, 2.75) is 46.1 Å². The van der Waals surface area contributed by atoms with Crippen molar-refractivity contribution >= 4 is 23.4 Å². The van der Waals surface area contributed by atoms with Crippen molar-refractivity contribution in [3.8, 4) is 0 Å². The SMILES string of the molecule is CC(C)(C)OC(=O)Nc1ccc(C2C(CN)C2(C)C)c(Cl)c1. The predicted octanol–water partition coefficient (Wildman–Crippen LogP) is 4.39. The maximum Gasteiger partial charge on any atom is 0.412 e. The molecule has 1 amide bonds.